The second kappa shape index (κ2) is 5.45. The van der Waals surface area contributed by atoms with Crippen molar-refractivity contribution in [3.8, 4) is 0 Å². The van der Waals surface area contributed by atoms with Crippen LogP contribution in [0.4, 0.5) is 0 Å². The van der Waals surface area contributed by atoms with Gasteiger partial charge < -0.3 is 10.2 Å². The molecule has 0 radical (unpaired) electrons. The molecule has 6 heteroatoms. The lowest BCUT2D eigenvalue weighted by Gasteiger charge is -2.07. The van der Waals surface area contributed by atoms with Crippen molar-refractivity contribution < 1.29 is 19.8 Å². The van der Waals surface area contributed by atoms with Gasteiger partial charge in [0.2, 0.25) is 0 Å². The molecule has 16 heavy (non-hydrogen) atoms. The van der Waals surface area contributed by atoms with Crippen LogP contribution in [-0.2, 0) is 22.4 Å². The Kier molecular flexibility index (Phi) is 4.49. The molecule has 0 spiro atoms. The Morgan fingerprint density at radius 3 is 1.50 bits per heavy atom. The highest BCUT2D eigenvalue weighted by molar-refractivity contribution is 9.11. The van der Waals surface area contributed by atoms with Gasteiger partial charge in [0.05, 0.1) is 12.8 Å². The second-order valence-corrected chi connectivity index (χ2v) is 4.88. The first kappa shape index (κ1) is 13.2. The molecule has 0 aliphatic carbocycles. The summed E-state index contributed by atoms with van der Waals surface area (Å²) in [7, 11) is 0. The Hall–Kier alpha value is -0.880. The number of carboxylic acid groups (broad SMARTS) is 2. The lowest BCUT2D eigenvalue weighted by atomic mass is 10.1. The molecule has 2 N–H and O–H groups in total. The van der Waals surface area contributed by atoms with E-state index in [9.17, 15) is 9.59 Å². The van der Waals surface area contributed by atoms with E-state index in [2.05, 4.69) is 31.9 Å². The number of halogens is 2. The van der Waals surface area contributed by atoms with Crippen molar-refractivity contribution in [3.05, 3.63) is 32.2 Å². The van der Waals surface area contributed by atoms with Crippen molar-refractivity contribution in [2.75, 3.05) is 0 Å². The predicted octanol–water partition coefficient (Wildman–Crippen LogP) is 2.47. The van der Waals surface area contributed by atoms with E-state index in [0.717, 1.165) is 0 Å². The van der Waals surface area contributed by atoms with Gasteiger partial charge in [0.25, 0.3) is 0 Å². The van der Waals surface area contributed by atoms with Crippen LogP contribution in [0.1, 0.15) is 11.1 Å². The van der Waals surface area contributed by atoms with Crippen LogP contribution >= 0.6 is 31.9 Å². The first-order chi connectivity index (χ1) is 7.40. The van der Waals surface area contributed by atoms with Gasteiger partial charge in [0, 0.05) is 8.95 Å². The molecule has 0 aromatic heterocycles. The second-order valence-electron chi connectivity index (χ2n) is 3.18. The number of carbonyl (C=O) groups is 2. The summed E-state index contributed by atoms with van der Waals surface area (Å²) in [5, 5.41) is 17.3. The number of carboxylic acids is 2. The van der Waals surface area contributed by atoms with Gasteiger partial charge in [-0.1, -0.05) is 31.9 Å². The highest BCUT2D eigenvalue weighted by Gasteiger charge is 2.11. The molecule has 86 valence electrons. The number of aliphatic carboxylic acids is 2. The molecule has 0 aliphatic rings. The van der Waals surface area contributed by atoms with Crippen LogP contribution in [0.5, 0.6) is 0 Å². The van der Waals surface area contributed by atoms with Crippen LogP contribution in [0.25, 0.3) is 0 Å². The first-order valence-electron chi connectivity index (χ1n) is 4.30. The number of rotatable bonds is 4. The normalized spacial score (nSPS) is 10.1. The number of hydrogen-bond donors (Lipinski definition) is 2. The van der Waals surface area contributed by atoms with E-state index in [1.54, 1.807) is 12.1 Å². The molecule has 0 amide bonds. The fourth-order valence-electron chi connectivity index (χ4n) is 1.23. The Labute approximate surface area is 109 Å². The fraction of sp³-hybridized carbons (Fsp3) is 0.200. The topological polar surface area (TPSA) is 74.6 Å². The molecule has 1 rings (SSSR count). The summed E-state index contributed by atoms with van der Waals surface area (Å²) in [6.07, 6.45) is -0.209. The van der Waals surface area contributed by atoms with Crippen LogP contribution in [0, 0.1) is 0 Å². The highest BCUT2D eigenvalue weighted by atomic mass is 79.9. The summed E-state index contributed by atoms with van der Waals surface area (Å²) in [6, 6.07) is 3.24. The largest absolute Gasteiger partial charge is 0.481 e. The zero-order valence-electron chi connectivity index (χ0n) is 8.04. The van der Waals surface area contributed by atoms with Gasteiger partial charge in [-0.3, -0.25) is 9.59 Å². The number of benzene rings is 1. The minimum Gasteiger partial charge on any atom is -0.481 e. The molecular weight excluding hydrogens is 344 g/mol. The maximum Gasteiger partial charge on any atom is 0.307 e. The van der Waals surface area contributed by atoms with Crippen LogP contribution in [0.15, 0.2) is 21.1 Å². The van der Waals surface area contributed by atoms with E-state index >= 15 is 0 Å². The van der Waals surface area contributed by atoms with Crippen molar-refractivity contribution in [1.82, 2.24) is 0 Å². The lowest BCUT2D eigenvalue weighted by Crippen LogP contribution is -2.04. The Morgan fingerprint density at radius 2 is 1.25 bits per heavy atom. The van der Waals surface area contributed by atoms with Gasteiger partial charge in [-0.25, -0.2) is 0 Å². The van der Waals surface area contributed by atoms with Gasteiger partial charge in [0.15, 0.2) is 0 Å². The molecule has 0 heterocycles. The SMILES string of the molecule is O=C(O)Cc1cc(Br)c(CC(=O)O)cc1Br. The fourth-order valence-corrected chi connectivity index (χ4v) is 2.29. The van der Waals surface area contributed by atoms with E-state index in [1.165, 1.54) is 0 Å². The lowest BCUT2D eigenvalue weighted by molar-refractivity contribution is -0.137. The minimum absolute atomic E-state index is 0.105. The molecule has 0 saturated heterocycles. The monoisotopic (exact) mass is 350 g/mol. The van der Waals surface area contributed by atoms with Crippen LogP contribution in [0.2, 0.25) is 0 Å². The molecular formula is C10H8Br2O4. The van der Waals surface area contributed by atoms with Crippen molar-refractivity contribution in [2.24, 2.45) is 0 Å². The van der Waals surface area contributed by atoms with Gasteiger partial charge >= 0.3 is 11.9 Å². The van der Waals surface area contributed by atoms with E-state index in [-0.39, 0.29) is 12.8 Å². The van der Waals surface area contributed by atoms with Crippen molar-refractivity contribution >= 4 is 43.8 Å². The van der Waals surface area contributed by atoms with Gasteiger partial charge in [-0.2, -0.15) is 0 Å². The van der Waals surface area contributed by atoms with Gasteiger partial charge in [-0.05, 0) is 23.3 Å². The van der Waals surface area contributed by atoms with E-state index in [1.807, 2.05) is 0 Å². The molecule has 0 fully saturated rings. The van der Waals surface area contributed by atoms with E-state index < -0.39 is 11.9 Å². The molecule has 4 nitrogen and oxygen atoms in total. The van der Waals surface area contributed by atoms with Crippen LogP contribution in [0.3, 0.4) is 0 Å². The average Bonchev–Trinajstić information content (AvgIpc) is 2.11. The third-order valence-corrected chi connectivity index (χ3v) is 3.38. The van der Waals surface area contributed by atoms with E-state index in [4.69, 9.17) is 10.2 Å². The van der Waals surface area contributed by atoms with Crippen molar-refractivity contribution in [1.29, 1.82) is 0 Å². The molecule has 1 aromatic carbocycles. The maximum absolute atomic E-state index is 10.6. The van der Waals surface area contributed by atoms with Gasteiger partial charge in [-0.15, -0.1) is 0 Å². The van der Waals surface area contributed by atoms with Gasteiger partial charge in [0.1, 0.15) is 0 Å². The quantitative estimate of drug-likeness (QED) is 0.873. The van der Waals surface area contributed by atoms with Crippen LogP contribution in [-0.4, -0.2) is 22.2 Å². The molecule has 0 aliphatic heterocycles. The summed E-state index contributed by atoms with van der Waals surface area (Å²) in [5.74, 6) is -1.86. The smallest absolute Gasteiger partial charge is 0.307 e. The zero-order valence-corrected chi connectivity index (χ0v) is 11.2. The number of hydrogen-bond acceptors (Lipinski definition) is 2. The molecule has 0 atom stereocenters. The molecule has 1 aromatic rings. The third-order valence-electron chi connectivity index (χ3n) is 1.90. The Morgan fingerprint density at radius 1 is 0.938 bits per heavy atom. The summed E-state index contributed by atoms with van der Waals surface area (Å²) in [5.41, 5.74) is 1.21. The Balaban J connectivity index is 3.06. The first-order valence-corrected chi connectivity index (χ1v) is 5.89. The van der Waals surface area contributed by atoms with Crippen LogP contribution < -0.4 is 0 Å². The maximum atomic E-state index is 10.6. The molecule has 0 unspecified atom stereocenters. The van der Waals surface area contributed by atoms with Crippen molar-refractivity contribution in [2.45, 2.75) is 12.8 Å². The minimum atomic E-state index is -0.932. The molecule has 0 saturated carbocycles. The standard InChI is InChI=1S/C10H8Br2O4/c11-7-1-5(3-9(13)14)8(12)2-6(7)4-10(15)16/h1-2H,3-4H2,(H,13,14)(H,15,16). The molecule has 0 bridgehead atoms. The average molecular weight is 352 g/mol. The summed E-state index contributed by atoms with van der Waals surface area (Å²) in [6.45, 7) is 0. The Bertz CT molecular complexity index is 401. The van der Waals surface area contributed by atoms with E-state index in [0.29, 0.717) is 20.1 Å². The summed E-state index contributed by atoms with van der Waals surface area (Å²) >= 11 is 6.45. The van der Waals surface area contributed by atoms with Crippen molar-refractivity contribution in [3.63, 3.8) is 0 Å². The zero-order chi connectivity index (χ0) is 12.3. The summed E-state index contributed by atoms with van der Waals surface area (Å²) in [4.78, 5) is 21.1. The predicted molar refractivity (Wildman–Crippen MR) is 64.5 cm³/mol. The highest BCUT2D eigenvalue weighted by Crippen LogP contribution is 2.27. The summed E-state index contributed by atoms with van der Waals surface area (Å²) < 4.78 is 1.21. The third kappa shape index (κ3) is 3.61.